The Morgan fingerprint density at radius 1 is 1.31 bits per heavy atom. The standard InChI is InChI=1S/C6H5BF5N2O.K/c8-6(9)15-4-1-3(7(10,11)12)2-14-5(4)13;/h1-2,6H,(H2,13,14);/q-1;+1. The van der Waals surface area contributed by atoms with E-state index in [1.807, 2.05) is 0 Å². The van der Waals surface area contributed by atoms with Gasteiger partial charge in [0, 0.05) is 6.20 Å². The molecule has 0 radical (unpaired) electrons. The molecule has 84 valence electrons. The summed E-state index contributed by atoms with van der Waals surface area (Å²) in [6.45, 7) is -8.56. The van der Waals surface area contributed by atoms with Crippen LogP contribution >= 0.6 is 0 Å². The van der Waals surface area contributed by atoms with Crippen LogP contribution in [0.15, 0.2) is 12.3 Å². The van der Waals surface area contributed by atoms with Crippen LogP contribution in [-0.2, 0) is 0 Å². The molecule has 16 heavy (non-hydrogen) atoms. The van der Waals surface area contributed by atoms with E-state index >= 15 is 0 Å². The summed E-state index contributed by atoms with van der Waals surface area (Å²) >= 11 is 0. The molecule has 0 aliphatic carbocycles. The third-order valence-electron chi connectivity index (χ3n) is 1.50. The Labute approximate surface area is 130 Å². The predicted octanol–water partition coefficient (Wildman–Crippen LogP) is -1.68. The molecule has 0 saturated heterocycles. The Kier molecular flexibility index (Phi) is 6.19. The van der Waals surface area contributed by atoms with E-state index in [1.165, 1.54) is 0 Å². The average molecular weight is 266 g/mol. The van der Waals surface area contributed by atoms with Crippen molar-refractivity contribution in [2.75, 3.05) is 5.73 Å². The van der Waals surface area contributed by atoms with E-state index in [1.54, 1.807) is 0 Å². The molecule has 1 heterocycles. The molecule has 0 fully saturated rings. The minimum Gasteiger partial charge on any atom is -0.445 e. The number of rotatable bonds is 3. The molecule has 0 aromatic carbocycles. The summed E-state index contributed by atoms with van der Waals surface area (Å²) in [5.41, 5.74) is 3.91. The number of alkyl halides is 2. The van der Waals surface area contributed by atoms with Crippen molar-refractivity contribution in [3.63, 3.8) is 0 Å². The van der Waals surface area contributed by atoms with Crippen molar-refractivity contribution < 1.29 is 77.8 Å². The van der Waals surface area contributed by atoms with Crippen molar-refractivity contribution in [3.8, 4) is 5.75 Å². The average Bonchev–Trinajstić information content (AvgIpc) is 2.06. The maximum Gasteiger partial charge on any atom is 1.00 e. The first kappa shape index (κ1) is 16.1. The van der Waals surface area contributed by atoms with Gasteiger partial charge in [-0.15, -0.1) is 0 Å². The first-order chi connectivity index (χ1) is 6.80. The van der Waals surface area contributed by atoms with E-state index in [0.717, 1.165) is 0 Å². The van der Waals surface area contributed by atoms with Gasteiger partial charge in [0.05, 0.1) is 0 Å². The summed E-state index contributed by atoms with van der Waals surface area (Å²) in [4.78, 5) is 3.11. The zero-order valence-electron chi connectivity index (χ0n) is 8.13. The van der Waals surface area contributed by atoms with Crippen molar-refractivity contribution >= 4 is 18.3 Å². The van der Waals surface area contributed by atoms with Crippen molar-refractivity contribution in [1.29, 1.82) is 0 Å². The molecule has 0 atom stereocenters. The first-order valence-corrected chi connectivity index (χ1v) is 3.71. The predicted molar refractivity (Wildman–Crippen MR) is 44.0 cm³/mol. The van der Waals surface area contributed by atoms with Gasteiger partial charge in [0.25, 0.3) is 0 Å². The molecule has 0 aliphatic rings. The summed E-state index contributed by atoms with van der Waals surface area (Å²) in [6, 6.07) is 0.397. The Morgan fingerprint density at radius 2 is 1.88 bits per heavy atom. The van der Waals surface area contributed by atoms with Crippen LogP contribution in [-0.4, -0.2) is 18.6 Å². The van der Waals surface area contributed by atoms with Gasteiger partial charge >= 0.3 is 65.0 Å². The van der Waals surface area contributed by atoms with Crippen LogP contribution in [0.25, 0.3) is 0 Å². The van der Waals surface area contributed by atoms with Crippen LogP contribution < -0.4 is 67.3 Å². The van der Waals surface area contributed by atoms with Crippen molar-refractivity contribution in [2.24, 2.45) is 0 Å². The molecule has 1 rings (SSSR count). The summed E-state index contributed by atoms with van der Waals surface area (Å²) in [7, 11) is 0. The molecule has 2 N–H and O–H groups in total. The van der Waals surface area contributed by atoms with Crippen LogP contribution in [0.5, 0.6) is 5.75 Å². The number of nitrogen functional groups attached to an aromatic ring is 1. The van der Waals surface area contributed by atoms with Gasteiger partial charge in [-0.3, -0.25) is 0 Å². The SMILES string of the molecule is Nc1ncc([B-](F)(F)F)cc1OC(F)F.[K+]. The van der Waals surface area contributed by atoms with Gasteiger partial charge < -0.3 is 23.4 Å². The molecular weight excluding hydrogens is 261 g/mol. The Bertz CT molecular complexity index is 361. The van der Waals surface area contributed by atoms with E-state index < -0.39 is 30.6 Å². The largest absolute Gasteiger partial charge is 1.00 e. The van der Waals surface area contributed by atoms with E-state index in [4.69, 9.17) is 5.73 Å². The van der Waals surface area contributed by atoms with E-state index in [0.29, 0.717) is 12.3 Å². The fourth-order valence-electron chi connectivity index (χ4n) is 0.840. The van der Waals surface area contributed by atoms with Gasteiger partial charge in [-0.2, -0.15) is 8.78 Å². The molecule has 10 heteroatoms. The van der Waals surface area contributed by atoms with Crippen molar-refractivity contribution in [2.45, 2.75) is 6.61 Å². The molecule has 0 unspecified atom stereocenters. The van der Waals surface area contributed by atoms with Crippen LogP contribution in [0.1, 0.15) is 0 Å². The summed E-state index contributed by atoms with van der Waals surface area (Å²) in [6.07, 6.45) is 0.466. The van der Waals surface area contributed by atoms with Gasteiger partial charge in [-0.25, -0.2) is 4.98 Å². The number of anilines is 1. The number of hydrogen-bond acceptors (Lipinski definition) is 3. The normalized spacial score (nSPS) is 11.1. The number of aromatic nitrogens is 1. The second-order valence-corrected chi connectivity index (χ2v) is 2.61. The number of ether oxygens (including phenoxy) is 1. The third-order valence-corrected chi connectivity index (χ3v) is 1.50. The zero-order chi connectivity index (χ0) is 11.6. The van der Waals surface area contributed by atoms with Crippen molar-refractivity contribution in [1.82, 2.24) is 4.98 Å². The van der Waals surface area contributed by atoms with Gasteiger partial charge in [0.15, 0.2) is 11.6 Å². The Morgan fingerprint density at radius 3 is 2.31 bits per heavy atom. The molecule has 0 aliphatic heterocycles. The molecule has 0 saturated carbocycles. The van der Waals surface area contributed by atoms with Crippen LogP contribution in [0.3, 0.4) is 0 Å². The monoisotopic (exact) mass is 266 g/mol. The maximum absolute atomic E-state index is 12.2. The van der Waals surface area contributed by atoms with Crippen LogP contribution in [0, 0.1) is 0 Å². The fourth-order valence-corrected chi connectivity index (χ4v) is 0.840. The third kappa shape index (κ3) is 4.54. The fraction of sp³-hybridized carbons (Fsp3) is 0.167. The van der Waals surface area contributed by atoms with Crippen molar-refractivity contribution in [3.05, 3.63) is 12.3 Å². The van der Waals surface area contributed by atoms with Crippen LogP contribution in [0.4, 0.5) is 27.5 Å². The molecule has 1 aromatic heterocycles. The summed E-state index contributed by atoms with van der Waals surface area (Å²) in [5.74, 6) is -1.29. The van der Waals surface area contributed by atoms with E-state index in [-0.39, 0.29) is 51.4 Å². The van der Waals surface area contributed by atoms with E-state index in [2.05, 4.69) is 9.72 Å². The number of hydrogen-bond donors (Lipinski definition) is 1. The van der Waals surface area contributed by atoms with Gasteiger partial charge in [-0.1, -0.05) is 5.46 Å². The first-order valence-electron chi connectivity index (χ1n) is 3.71. The molecule has 1 aromatic rings. The number of nitrogens with two attached hydrogens (primary N) is 1. The topological polar surface area (TPSA) is 48.1 Å². The summed E-state index contributed by atoms with van der Waals surface area (Å²) < 4.78 is 63.8. The number of nitrogens with zero attached hydrogens (tertiary/aromatic N) is 1. The molecule has 0 bridgehead atoms. The summed E-state index contributed by atoms with van der Waals surface area (Å²) in [5, 5.41) is 0. The van der Waals surface area contributed by atoms with Gasteiger partial charge in [0.2, 0.25) is 0 Å². The van der Waals surface area contributed by atoms with Gasteiger partial charge in [0.1, 0.15) is 0 Å². The molecule has 0 spiro atoms. The molecule has 0 amide bonds. The quantitative estimate of drug-likeness (QED) is 0.525. The minimum atomic E-state index is -5.31. The smallest absolute Gasteiger partial charge is 0.445 e. The molecule has 3 nitrogen and oxygen atoms in total. The number of halogens is 5. The minimum absolute atomic E-state index is 0. The molecular formula is C6H5BF5KN2O. The second kappa shape index (κ2) is 6.15. The Hall–Kier alpha value is 0.101. The zero-order valence-corrected chi connectivity index (χ0v) is 11.3. The van der Waals surface area contributed by atoms with Gasteiger partial charge in [-0.05, 0) is 6.07 Å². The second-order valence-electron chi connectivity index (χ2n) is 2.61. The maximum atomic E-state index is 12.2. The number of pyridine rings is 1. The Balaban J connectivity index is 0.00000225. The van der Waals surface area contributed by atoms with E-state index in [9.17, 15) is 21.7 Å². The van der Waals surface area contributed by atoms with Crippen LogP contribution in [0.2, 0.25) is 0 Å².